The summed E-state index contributed by atoms with van der Waals surface area (Å²) in [6.07, 6.45) is 11.2. The Morgan fingerprint density at radius 2 is 1.72 bits per heavy atom. The van der Waals surface area contributed by atoms with E-state index >= 15 is 0 Å². The highest BCUT2D eigenvalue weighted by molar-refractivity contribution is 5.78. The highest BCUT2D eigenvalue weighted by atomic mass is 16.1. The van der Waals surface area contributed by atoms with Gasteiger partial charge in [-0.05, 0) is 45.1 Å². The molecule has 2 fully saturated rings. The maximum absolute atomic E-state index is 12.0. The van der Waals surface area contributed by atoms with Crippen molar-refractivity contribution < 1.29 is 4.79 Å². The Morgan fingerprint density at radius 1 is 1.06 bits per heavy atom. The first kappa shape index (κ1) is 13.9. The van der Waals surface area contributed by atoms with Crippen LogP contribution in [0.2, 0.25) is 0 Å². The highest BCUT2D eigenvalue weighted by Crippen LogP contribution is 2.27. The third kappa shape index (κ3) is 3.98. The second-order valence-electron chi connectivity index (χ2n) is 6.07. The molecule has 1 amide bonds. The first-order valence-corrected chi connectivity index (χ1v) is 7.74. The van der Waals surface area contributed by atoms with E-state index in [1.807, 2.05) is 7.05 Å². The van der Waals surface area contributed by atoms with Gasteiger partial charge in [-0.15, -0.1) is 0 Å². The van der Waals surface area contributed by atoms with Gasteiger partial charge in [-0.1, -0.05) is 25.7 Å². The summed E-state index contributed by atoms with van der Waals surface area (Å²) in [5.74, 6) is 1.46. The zero-order chi connectivity index (χ0) is 12.8. The maximum atomic E-state index is 12.0. The lowest BCUT2D eigenvalue weighted by Crippen LogP contribution is -2.37. The summed E-state index contributed by atoms with van der Waals surface area (Å²) in [6, 6.07) is 0.632. The fourth-order valence-electron chi connectivity index (χ4n) is 3.49. The van der Waals surface area contributed by atoms with Gasteiger partial charge in [0.15, 0.2) is 0 Å². The van der Waals surface area contributed by atoms with Crippen LogP contribution in [0.15, 0.2) is 0 Å². The van der Waals surface area contributed by atoms with Crippen LogP contribution in [0, 0.1) is 11.8 Å². The first-order valence-electron chi connectivity index (χ1n) is 7.74. The van der Waals surface area contributed by atoms with Crippen molar-refractivity contribution in [1.29, 1.82) is 0 Å². The van der Waals surface area contributed by atoms with Gasteiger partial charge < -0.3 is 10.6 Å². The average molecular weight is 252 g/mol. The zero-order valence-corrected chi connectivity index (χ0v) is 11.7. The normalized spacial score (nSPS) is 29.4. The van der Waals surface area contributed by atoms with Gasteiger partial charge in [0.05, 0.1) is 0 Å². The predicted octanol–water partition coefficient (Wildman–Crippen LogP) is 2.46. The second kappa shape index (κ2) is 7.13. The molecule has 0 heterocycles. The molecule has 0 atom stereocenters. The number of nitrogens with one attached hydrogen (secondary N) is 2. The molecule has 0 radical (unpaired) electrons. The number of carbonyl (C=O) groups is 1. The molecule has 2 rings (SSSR count). The van der Waals surface area contributed by atoms with E-state index in [0.717, 1.165) is 38.1 Å². The van der Waals surface area contributed by atoms with Crippen molar-refractivity contribution in [2.45, 2.75) is 63.8 Å². The van der Waals surface area contributed by atoms with Gasteiger partial charge in [0.2, 0.25) is 5.91 Å². The number of carbonyl (C=O) groups excluding carboxylic acids is 1. The van der Waals surface area contributed by atoms with E-state index in [9.17, 15) is 4.79 Å². The van der Waals surface area contributed by atoms with E-state index in [-0.39, 0.29) is 5.92 Å². The number of hydrogen-bond donors (Lipinski definition) is 2. The Morgan fingerprint density at radius 3 is 2.33 bits per heavy atom. The van der Waals surface area contributed by atoms with Crippen LogP contribution in [0.3, 0.4) is 0 Å². The molecular weight excluding hydrogens is 224 g/mol. The van der Waals surface area contributed by atoms with Crippen LogP contribution >= 0.6 is 0 Å². The number of rotatable bonds is 5. The molecule has 3 nitrogen and oxygen atoms in total. The smallest absolute Gasteiger partial charge is 0.223 e. The Kier molecular flexibility index (Phi) is 5.48. The van der Waals surface area contributed by atoms with Crippen LogP contribution in [-0.2, 0) is 4.79 Å². The molecule has 0 aliphatic heterocycles. The van der Waals surface area contributed by atoms with Crippen molar-refractivity contribution in [2.24, 2.45) is 11.8 Å². The minimum absolute atomic E-state index is 0.276. The van der Waals surface area contributed by atoms with Crippen LogP contribution in [0.4, 0.5) is 0 Å². The lowest BCUT2D eigenvalue weighted by Gasteiger charge is -2.27. The minimum atomic E-state index is 0.276. The van der Waals surface area contributed by atoms with Gasteiger partial charge in [0.25, 0.3) is 0 Å². The minimum Gasteiger partial charge on any atom is -0.356 e. The average Bonchev–Trinajstić information content (AvgIpc) is 2.92. The van der Waals surface area contributed by atoms with E-state index < -0.39 is 0 Å². The van der Waals surface area contributed by atoms with E-state index in [1.165, 1.54) is 32.1 Å². The molecule has 0 saturated heterocycles. The lowest BCUT2D eigenvalue weighted by molar-refractivity contribution is -0.126. The molecule has 0 aromatic heterocycles. The molecule has 2 aliphatic rings. The van der Waals surface area contributed by atoms with Crippen LogP contribution in [0.25, 0.3) is 0 Å². The van der Waals surface area contributed by atoms with Crippen molar-refractivity contribution in [3.63, 3.8) is 0 Å². The van der Waals surface area contributed by atoms with Crippen molar-refractivity contribution in [1.82, 2.24) is 10.6 Å². The molecule has 2 aliphatic carbocycles. The van der Waals surface area contributed by atoms with E-state index in [0.29, 0.717) is 11.9 Å². The quantitative estimate of drug-likeness (QED) is 0.789. The molecule has 18 heavy (non-hydrogen) atoms. The van der Waals surface area contributed by atoms with Crippen LogP contribution in [-0.4, -0.2) is 25.5 Å². The monoisotopic (exact) mass is 252 g/mol. The highest BCUT2D eigenvalue weighted by Gasteiger charge is 2.25. The van der Waals surface area contributed by atoms with E-state index in [2.05, 4.69) is 10.6 Å². The Hall–Kier alpha value is -0.570. The standard InChI is InChI=1S/C15H28N2O/c1-16-14-8-6-13(7-9-14)15(18)17-11-10-12-4-2-3-5-12/h12-14,16H,2-11H2,1H3,(H,17,18). The molecule has 0 spiro atoms. The van der Waals surface area contributed by atoms with Crippen molar-refractivity contribution in [2.75, 3.05) is 13.6 Å². The predicted molar refractivity (Wildman–Crippen MR) is 74.4 cm³/mol. The Labute approximate surface area is 111 Å². The SMILES string of the molecule is CNC1CCC(C(=O)NCCC2CCCC2)CC1. The summed E-state index contributed by atoms with van der Waals surface area (Å²) >= 11 is 0. The Bertz CT molecular complexity index is 253. The van der Waals surface area contributed by atoms with Crippen molar-refractivity contribution >= 4 is 5.91 Å². The first-order chi connectivity index (χ1) is 8.79. The van der Waals surface area contributed by atoms with Gasteiger partial charge in [0.1, 0.15) is 0 Å². The molecule has 104 valence electrons. The summed E-state index contributed by atoms with van der Waals surface area (Å²) in [4.78, 5) is 12.0. The second-order valence-corrected chi connectivity index (χ2v) is 6.07. The summed E-state index contributed by atoms with van der Waals surface area (Å²) < 4.78 is 0. The van der Waals surface area contributed by atoms with E-state index in [1.54, 1.807) is 0 Å². The molecule has 2 saturated carbocycles. The third-order valence-corrected chi connectivity index (χ3v) is 4.83. The molecular formula is C15H28N2O. The zero-order valence-electron chi connectivity index (χ0n) is 11.7. The topological polar surface area (TPSA) is 41.1 Å². The number of hydrogen-bond acceptors (Lipinski definition) is 2. The molecule has 2 N–H and O–H groups in total. The summed E-state index contributed by atoms with van der Waals surface area (Å²) in [6.45, 7) is 0.898. The van der Waals surface area contributed by atoms with Crippen molar-refractivity contribution in [3.05, 3.63) is 0 Å². The van der Waals surface area contributed by atoms with Gasteiger partial charge in [-0.2, -0.15) is 0 Å². The fourth-order valence-corrected chi connectivity index (χ4v) is 3.49. The summed E-state index contributed by atoms with van der Waals surface area (Å²) in [5.41, 5.74) is 0. The molecule has 3 heteroatoms. The van der Waals surface area contributed by atoms with E-state index in [4.69, 9.17) is 0 Å². The van der Waals surface area contributed by atoms with Crippen LogP contribution in [0.1, 0.15) is 57.8 Å². The Balaban J connectivity index is 1.59. The molecule has 0 bridgehead atoms. The van der Waals surface area contributed by atoms with Gasteiger partial charge in [0, 0.05) is 18.5 Å². The largest absolute Gasteiger partial charge is 0.356 e. The van der Waals surface area contributed by atoms with Crippen molar-refractivity contribution in [3.8, 4) is 0 Å². The fraction of sp³-hybridized carbons (Fsp3) is 0.933. The molecule has 0 unspecified atom stereocenters. The molecule has 0 aromatic rings. The maximum Gasteiger partial charge on any atom is 0.223 e. The van der Waals surface area contributed by atoms with Gasteiger partial charge in [-0.25, -0.2) is 0 Å². The van der Waals surface area contributed by atoms with Gasteiger partial charge >= 0.3 is 0 Å². The number of amides is 1. The van der Waals surface area contributed by atoms with Crippen LogP contribution < -0.4 is 10.6 Å². The lowest BCUT2D eigenvalue weighted by atomic mass is 9.85. The third-order valence-electron chi connectivity index (χ3n) is 4.83. The summed E-state index contributed by atoms with van der Waals surface area (Å²) in [7, 11) is 2.02. The van der Waals surface area contributed by atoms with Crippen LogP contribution in [0.5, 0.6) is 0 Å². The molecule has 0 aromatic carbocycles. The summed E-state index contributed by atoms with van der Waals surface area (Å²) in [5, 5.41) is 6.46. The van der Waals surface area contributed by atoms with Gasteiger partial charge in [-0.3, -0.25) is 4.79 Å².